The number of esters is 2. The van der Waals surface area contributed by atoms with Crippen LogP contribution in [0.15, 0.2) is 36.5 Å². The molecule has 74 heavy (non-hydrogen) atoms. The van der Waals surface area contributed by atoms with Crippen LogP contribution in [-0.4, -0.2) is 74.9 Å². The van der Waals surface area contributed by atoms with Gasteiger partial charge in [-0.3, -0.25) is 18.6 Å². The maximum atomic E-state index is 12.8. The Kier molecular flexibility index (Phi) is 54.6. The number of unbranched alkanes of at least 4 members (excludes halogenated alkanes) is 39. The molecule has 1 N–H and O–H groups in total. The second-order valence-corrected chi connectivity index (χ2v) is 24.2. The van der Waals surface area contributed by atoms with Gasteiger partial charge >= 0.3 is 19.8 Å². The summed E-state index contributed by atoms with van der Waals surface area (Å²) in [6, 6.07) is 0. The summed E-state index contributed by atoms with van der Waals surface area (Å²) in [6.45, 7) is 4.45. The van der Waals surface area contributed by atoms with Crippen molar-refractivity contribution in [1.82, 2.24) is 0 Å². The minimum atomic E-state index is -4.38. The van der Waals surface area contributed by atoms with Gasteiger partial charge in [0.25, 0.3) is 0 Å². The minimum absolute atomic E-state index is 0.0326. The monoisotopic (exact) mass is 1060 g/mol. The first-order valence-electron chi connectivity index (χ1n) is 31.7. The van der Waals surface area contributed by atoms with Crippen LogP contribution in [0.25, 0.3) is 0 Å². The van der Waals surface area contributed by atoms with Gasteiger partial charge in [0, 0.05) is 12.8 Å². The van der Waals surface area contributed by atoms with Crippen molar-refractivity contribution < 1.29 is 42.1 Å². The van der Waals surface area contributed by atoms with E-state index in [1.54, 1.807) is 0 Å². The topological polar surface area (TPSA) is 108 Å². The Labute approximate surface area is 459 Å². The molecule has 0 fully saturated rings. The van der Waals surface area contributed by atoms with Gasteiger partial charge in [0.2, 0.25) is 0 Å². The van der Waals surface area contributed by atoms with Crippen LogP contribution in [-0.2, 0) is 32.7 Å². The zero-order valence-corrected chi connectivity index (χ0v) is 50.5. The Morgan fingerprint density at radius 2 is 0.730 bits per heavy atom. The molecule has 10 heteroatoms. The smallest absolute Gasteiger partial charge is 0.462 e. The van der Waals surface area contributed by atoms with Crippen molar-refractivity contribution in [3.63, 3.8) is 0 Å². The zero-order valence-electron chi connectivity index (χ0n) is 49.6. The fourth-order valence-corrected chi connectivity index (χ4v) is 9.96. The number of phosphoric ester groups is 1. The van der Waals surface area contributed by atoms with Crippen molar-refractivity contribution in [2.24, 2.45) is 0 Å². The third-order valence-corrected chi connectivity index (χ3v) is 15.1. The van der Waals surface area contributed by atoms with E-state index in [1.165, 1.54) is 218 Å². The highest BCUT2D eigenvalue weighted by atomic mass is 31.2. The van der Waals surface area contributed by atoms with Gasteiger partial charge < -0.3 is 18.9 Å². The van der Waals surface area contributed by atoms with E-state index in [9.17, 15) is 19.0 Å². The van der Waals surface area contributed by atoms with Crippen LogP contribution < -0.4 is 0 Å². The molecule has 2 atom stereocenters. The van der Waals surface area contributed by atoms with Gasteiger partial charge in [-0.15, -0.1) is 0 Å². The predicted octanol–water partition coefficient (Wildman–Crippen LogP) is 19.9. The Balaban J connectivity index is 3.95. The number of rotatable bonds is 59. The number of ether oxygens (including phenoxy) is 2. The Morgan fingerprint density at radius 3 is 1.08 bits per heavy atom. The molecule has 0 aliphatic heterocycles. The number of likely N-dealkylation sites (N-methyl/N-ethyl adjacent to an activating group) is 1. The number of nitrogens with zero attached hydrogens (tertiary/aromatic N) is 1. The van der Waals surface area contributed by atoms with Crippen molar-refractivity contribution in [2.45, 2.75) is 315 Å². The summed E-state index contributed by atoms with van der Waals surface area (Å²) >= 11 is 0. The first-order chi connectivity index (χ1) is 36.0. The number of phosphoric acid groups is 1. The van der Waals surface area contributed by atoms with Crippen LogP contribution in [0.2, 0.25) is 0 Å². The molecule has 436 valence electrons. The lowest BCUT2D eigenvalue weighted by molar-refractivity contribution is -0.870. The average molecular weight is 1070 g/mol. The predicted molar refractivity (Wildman–Crippen MR) is 317 cm³/mol. The minimum Gasteiger partial charge on any atom is -0.462 e. The molecule has 2 unspecified atom stereocenters. The van der Waals surface area contributed by atoms with Crippen LogP contribution in [0.1, 0.15) is 309 Å². The molecule has 0 aromatic rings. The van der Waals surface area contributed by atoms with E-state index < -0.39 is 26.5 Å². The quantitative estimate of drug-likeness (QED) is 0.0211. The summed E-state index contributed by atoms with van der Waals surface area (Å²) in [7, 11) is 1.49. The first kappa shape index (κ1) is 72.2. The molecular formula is C64H123NO8P+. The van der Waals surface area contributed by atoms with Gasteiger partial charge in [0.1, 0.15) is 19.8 Å². The summed E-state index contributed by atoms with van der Waals surface area (Å²) < 4.78 is 34.6. The molecule has 9 nitrogen and oxygen atoms in total. The van der Waals surface area contributed by atoms with Crippen LogP contribution >= 0.6 is 7.82 Å². The largest absolute Gasteiger partial charge is 0.472 e. The Hall–Kier alpha value is -1.77. The van der Waals surface area contributed by atoms with Gasteiger partial charge in [-0.05, 0) is 70.6 Å². The summed E-state index contributed by atoms with van der Waals surface area (Å²) in [4.78, 5) is 35.7. The van der Waals surface area contributed by atoms with Crippen molar-refractivity contribution in [3.8, 4) is 0 Å². The van der Waals surface area contributed by atoms with Crippen molar-refractivity contribution in [3.05, 3.63) is 36.5 Å². The molecular weight excluding hydrogens is 942 g/mol. The molecule has 0 saturated heterocycles. The SMILES string of the molecule is CCCCCCC/C=C\C/C=C\CCCCCCCCCCCCCCCCCCCCCCCCCC(=O)OC(COC(=O)CCCCCCC/C=C\CCCCCCCC)COP(=O)(O)OCC[N+](C)(C)C. The van der Waals surface area contributed by atoms with E-state index >= 15 is 0 Å². The number of carbonyl (C=O) groups is 2. The van der Waals surface area contributed by atoms with E-state index in [1.807, 2.05) is 21.1 Å². The fourth-order valence-electron chi connectivity index (χ4n) is 9.22. The van der Waals surface area contributed by atoms with Crippen LogP contribution in [0, 0.1) is 0 Å². The highest BCUT2D eigenvalue weighted by molar-refractivity contribution is 7.47. The van der Waals surface area contributed by atoms with Gasteiger partial charge in [-0.2, -0.15) is 0 Å². The van der Waals surface area contributed by atoms with Crippen molar-refractivity contribution >= 4 is 19.8 Å². The molecule has 0 aromatic heterocycles. The normalized spacial score (nSPS) is 13.4. The molecule has 0 bridgehead atoms. The van der Waals surface area contributed by atoms with E-state index in [-0.39, 0.29) is 32.0 Å². The number of carbonyl (C=O) groups excluding carboxylic acids is 2. The molecule has 0 saturated carbocycles. The van der Waals surface area contributed by atoms with Gasteiger partial charge in [-0.1, -0.05) is 262 Å². The summed E-state index contributed by atoms with van der Waals surface area (Å²) in [5.74, 6) is -0.793. The number of allylic oxidation sites excluding steroid dienone is 6. The molecule has 0 rings (SSSR count). The maximum Gasteiger partial charge on any atom is 0.472 e. The fraction of sp³-hybridized carbons (Fsp3) is 0.875. The Bertz CT molecular complexity index is 1340. The van der Waals surface area contributed by atoms with Gasteiger partial charge in [-0.25, -0.2) is 4.57 Å². The van der Waals surface area contributed by atoms with Gasteiger partial charge in [0.15, 0.2) is 6.10 Å². The molecule has 0 aliphatic carbocycles. The number of hydrogen-bond acceptors (Lipinski definition) is 7. The zero-order chi connectivity index (χ0) is 54.2. The number of quaternary nitrogens is 1. The van der Waals surface area contributed by atoms with E-state index in [2.05, 4.69) is 50.3 Å². The maximum absolute atomic E-state index is 12.8. The van der Waals surface area contributed by atoms with Crippen LogP contribution in [0.3, 0.4) is 0 Å². The lowest BCUT2D eigenvalue weighted by atomic mass is 10.0. The highest BCUT2D eigenvalue weighted by Gasteiger charge is 2.27. The average Bonchev–Trinajstić information content (AvgIpc) is 3.36. The first-order valence-corrected chi connectivity index (χ1v) is 33.2. The second-order valence-electron chi connectivity index (χ2n) is 22.8. The van der Waals surface area contributed by atoms with E-state index in [0.717, 1.165) is 57.8 Å². The lowest BCUT2D eigenvalue weighted by Crippen LogP contribution is -2.37. The summed E-state index contributed by atoms with van der Waals surface area (Å²) in [5.41, 5.74) is 0. The third-order valence-electron chi connectivity index (χ3n) is 14.1. The standard InChI is InChI=1S/C64H122NO8P/c1-6-8-10-12-14-16-18-20-22-23-24-25-26-27-28-29-30-31-32-33-34-35-36-37-38-39-40-41-43-45-47-49-51-53-55-57-64(67)73-62(61-72-74(68,69)71-59-58-65(3,4)5)60-70-63(66)56-54-52-50-48-46-44-42-21-19-17-15-13-11-9-7-2/h18,20-21,23-24,42,62H,6-17,19,22,25-41,43-61H2,1-5H3/p+1/b20-18-,24-23-,42-21-. The summed E-state index contributed by atoms with van der Waals surface area (Å²) in [6.07, 6.45) is 69.6. The molecule has 0 aromatic carbocycles. The second kappa shape index (κ2) is 56.0. The molecule has 0 aliphatic rings. The third kappa shape index (κ3) is 59.5. The van der Waals surface area contributed by atoms with Crippen molar-refractivity contribution in [2.75, 3.05) is 47.5 Å². The lowest BCUT2D eigenvalue weighted by Gasteiger charge is -2.24. The Morgan fingerprint density at radius 1 is 0.419 bits per heavy atom. The summed E-state index contributed by atoms with van der Waals surface area (Å²) in [5, 5.41) is 0. The molecule has 0 spiro atoms. The highest BCUT2D eigenvalue weighted by Crippen LogP contribution is 2.43. The molecule has 0 heterocycles. The van der Waals surface area contributed by atoms with Crippen molar-refractivity contribution in [1.29, 1.82) is 0 Å². The number of hydrogen-bond donors (Lipinski definition) is 1. The molecule has 0 radical (unpaired) electrons. The molecule has 0 amide bonds. The van der Waals surface area contributed by atoms with Crippen LogP contribution in [0.5, 0.6) is 0 Å². The van der Waals surface area contributed by atoms with Gasteiger partial charge in [0.05, 0.1) is 27.7 Å². The van der Waals surface area contributed by atoms with Crippen LogP contribution in [0.4, 0.5) is 0 Å². The van der Waals surface area contributed by atoms with E-state index in [4.69, 9.17) is 18.5 Å². The van der Waals surface area contributed by atoms with E-state index in [0.29, 0.717) is 17.4 Å².